The number of rotatable bonds is 8. The van der Waals surface area contributed by atoms with Gasteiger partial charge in [-0.2, -0.15) is 0 Å². The van der Waals surface area contributed by atoms with Gasteiger partial charge < -0.3 is 10.0 Å². The van der Waals surface area contributed by atoms with Crippen LogP contribution in [0.15, 0.2) is 24.3 Å². The number of carboxylic acids is 1. The number of benzene rings is 1. The van der Waals surface area contributed by atoms with Crippen LogP contribution in [0.2, 0.25) is 0 Å². The molecule has 0 spiro atoms. The van der Waals surface area contributed by atoms with Gasteiger partial charge in [-0.25, -0.2) is 4.39 Å². The number of carbonyl (C=O) groups excluding carboxylic acids is 1. The first-order valence-electron chi connectivity index (χ1n) is 9.40. The van der Waals surface area contributed by atoms with Crippen molar-refractivity contribution in [3.63, 3.8) is 0 Å². The Morgan fingerprint density at radius 1 is 1.31 bits per heavy atom. The van der Waals surface area contributed by atoms with Gasteiger partial charge in [0.15, 0.2) is 0 Å². The minimum absolute atomic E-state index is 0.0498. The standard InChI is InChI=1S/C20H29FN2O3/c1-3-22(14-19(24)25)17-10-12-23(13-11-17)20(26)15(2)8-9-16-6-4-5-7-18(16)21/h4-7,15,17H,3,8-14H2,1-2H3,(H,24,25)/t15-/m1/s1. The van der Waals surface area contributed by atoms with E-state index in [-0.39, 0.29) is 30.2 Å². The second-order valence-corrected chi connectivity index (χ2v) is 7.04. The Morgan fingerprint density at radius 3 is 2.54 bits per heavy atom. The average molecular weight is 364 g/mol. The fourth-order valence-electron chi connectivity index (χ4n) is 3.63. The van der Waals surface area contributed by atoms with E-state index in [1.807, 2.05) is 29.7 Å². The normalized spacial score (nSPS) is 16.7. The highest BCUT2D eigenvalue weighted by Gasteiger charge is 2.29. The van der Waals surface area contributed by atoms with Crippen molar-refractivity contribution in [2.75, 3.05) is 26.2 Å². The van der Waals surface area contributed by atoms with Gasteiger partial charge in [0.05, 0.1) is 6.54 Å². The lowest BCUT2D eigenvalue weighted by Crippen LogP contribution is -2.49. The Hall–Kier alpha value is -1.95. The predicted octanol–water partition coefficient (Wildman–Crippen LogP) is 2.79. The third-order valence-electron chi connectivity index (χ3n) is 5.26. The van der Waals surface area contributed by atoms with Gasteiger partial charge in [0.1, 0.15) is 5.82 Å². The summed E-state index contributed by atoms with van der Waals surface area (Å²) in [4.78, 5) is 27.4. The Kier molecular flexibility index (Phi) is 7.57. The molecule has 0 bridgehead atoms. The van der Waals surface area contributed by atoms with Gasteiger partial charge in [-0.15, -0.1) is 0 Å². The summed E-state index contributed by atoms with van der Waals surface area (Å²) in [5, 5.41) is 9.00. The van der Waals surface area contributed by atoms with Gasteiger partial charge in [-0.05, 0) is 43.9 Å². The highest BCUT2D eigenvalue weighted by molar-refractivity contribution is 5.78. The zero-order chi connectivity index (χ0) is 19.1. The molecule has 0 unspecified atom stereocenters. The average Bonchev–Trinajstić information content (AvgIpc) is 2.64. The molecule has 1 aromatic rings. The van der Waals surface area contributed by atoms with E-state index < -0.39 is 5.97 Å². The Morgan fingerprint density at radius 2 is 1.96 bits per heavy atom. The van der Waals surface area contributed by atoms with Crippen molar-refractivity contribution in [1.29, 1.82) is 0 Å². The summed E-state index contributed by atoms with van der Waals surface area (Å²) in [5.74, 6) is -1.06. The zero-order valence-corrected chi connectivity index (χ0v) is 15.7. The summed E-state index contributed by atoms with van der Waals surface area (Å²) in [7, 11) is 0. The lowest BCUT2D eigenvalue weighted by Gasteiger charge is -2.38. The Bertz CT molecular complexity index is 615. The molecule has 0 saturated carbocycles. The molecule has 0 aliphatic carbocycles. The first-order valence-corrected chi connectivity index (χ1v) is 9.40. The van der Waals surface area contributed by atoms with E-state index in [1.54, 1.807) is 12.1 Å². The van der Waals surface area contributed by atoms with Crippen LogP contribution in [-0.2, 0) is 16.0 Å². The molecule has 1 N–H and O–H groups in total. The first kappa shape index (κ1) is 20.4. The number of carbonyl (C=O) groups is 2. The fraction of sp³-hybridized carbons (Fsp3) is 0.600. The van der Waals surface area contributed by atoms with E-state index in [0.717, 1.165) is 12.8 Å². The lowest BCUT2D eigenvalue weighted by molar-refractivity contribution is -0.141. The van der Waals surface area contributed by atoms with Gasteiger partial charge in [-0.1, -0.05) is 32.0 Å². The summed E-state index contributed by atoms with van der Waals surface area (Å²) in [5.41, 5.74) is 0.651. The highest BCUT2D eigenvalue weighted by Crippen LogP contribution is 2.20. The van der Waals surface area contributed by atoms with Crippen molar-refractivity contribution in [1.82, 2.24) is 9.80 Å². The summed E-state index contributed by atoms with van der Waals surface area (Å²) in [6.45, 7) is 5.93. The third-order valence-corrected chi connectivity index (χ3v) is 5.26. The molecule has 144 valence electrons. The van der Waals surface area contributed by atoms with Gasteiger partial charge in [0, 0.05) is 25.0 Å². The molecule has 26 heavy (non-hydrogen) atoms. The van der Waals surface area contributed by atoms with Crippen molar-refractivity contribution >= 4 is 11.9 Å². The molecule has 1 atom stereocenters. The molecule has 1 aromatic carbocycles. The number of hydrogen-bond acceptors (Lipinski definition) is 3. The molecule has 1 aliphatic heterocycles. The van der Waals surface area contributed by atoms with Crippen LogP contribution in [0.1, 0.15) is 38.7 Å². The molecular weight excluding hydrogens is 335 g/mol. The molecular formula is C20H29FN2O3. The fourth-order valence-corrected chi connectivity index (χ4v) is 3.63. The third kappa shape index (κ3) is 5.53. The smallest absolute Gasteiger partial charge is 0.317 e. The number of carboxylic acid groups (broad SMARTS) is 1. The maximum Gasteiger partial charge on any atom is 0.317 e. The second-order valence-electron chi connectivity index (χ2n) is 7.04. The molecule has 0 aromatic heterocycles. The monoisotopic (exact) mass is 364 g/mol. The summed E-state index contributed by atoms with van der Waals surface area (Å²) in [6.07, 6.45) is 2.78. The van der Waals surface area contributed by atoms with Crippen LogP contribution in [-0.4, -0.2) is 59.0 Å². The molecule has 2 rings (SSSR count). The molecule has 5 nitrogen and oxygen atoms in total. The van der Waals surface area contributed by atoms with Crippen LogP contribution in [0.25, 0.3) is 0 Å². The van der Waals surface area contributed by atoms with E-state index in [9.17, 15) is 14.0 Å². The van der Waals surface area contributed by atoms with E-state index in [4.69, 9.17) is 5.11 Å². The number of aliphatic carboxylic acids is 1. The topological polar surface area (TPSA) is 60.9 Å². The number of aryl methyl sites for hydroxylation is 1. The van der Waals surface area contributed by atoms with Crippen molar-refractivity contribution in [2.45, 2.75) is 45.6 Å². The Labute approximate surface area is 154 Å². The number of hydrogen-bond donors (Lipinski definition) is 1. The van der Waals surface area contributed by atoms with Gasteiger partial charge >= 0.3 is 5.97 Å². The number of nitrogens with zero attached hydrogens (tertiary/aromatic N) is 2. The van der Waals surface area contributed by atoms with Crippen molar-refractivity contribution in [2.24, 2.45) is 5.92 Å². The summed E-state index contributed by atoms with van der Waals surface area (Å²) in [6, 6.07) is 6.91. The first-order chi connectivity index (χ1) is 12.4. The minimum Gasteiger partial charge on any atom is -0.480 e. The van der Waals surface area contributed by atoms with Crippen molar-refractivity contribution < 1.29 is 19.1 Å². The zero-order valence-electron chi connectivity index (χ0n) is 15.7. The highest BCUT2D eigenvalue weighted by atomic mass is 19.1. The number of piperidine rings is 1. The van der Waals surface area contributed by atoms with Gasteiger partial charge in [-0.3, -0.25) is 14.5 Å². The van der Waals surface area contributed by atoms with Gasteiger partial charge in [0.2, 0.25) is 5.91 Å². The Balaban J connectivity index is 1.81. The molecule has 1 heterocycles. The number of amides is 1. The van der Waals surface area contributed by atoms with E-state index in [1.165, 1.54) is 6.07 Å². The molecule has 6 heteroatoms. The molecule has 1 aliphatic rings. The SMILES string of the molecule is CCN(CC(=O)O)C1CCN(C(=O)[C@H](C)CCc2ccccc2F)CC1. The van der Waals surface area contributed by atoms with Crippen LogP contribution in [0, 0.1) is 11.7 Å². The van der Waals surface area contributed by atoms with E-state index in [2.05, 4.69) is 0 Å². The molecule has 0 radical (unpaired) electrons. The predicted molar refractivity (Wildman–Crippen MR) is 98.4 cm³/mol. The summed E-state index contributed by atoms with van der Waals surface area (Å²) >= 11 is 0. The number of likely N-dealkylation sites (N-methyl/N-ethyl adjacent to an activating group) is 1. The number of halogens is 1. The largest absolute Gasteiger partial charge is 0.480 e. The quantitative estimate of drug-likeness (QED) is 0.771. The molecule has 1 saturated heterocycles. The van der Waals surface area contributed by atoms with Crippen LogP contribution in [0.3, 0.4) is 0 Å². The van der Waals surface area contributed by atoms with E-state index >= 15 is 0 Å². The molecule has 1 amide bonds. The van der Waals surface area contributed by atoms with Gasteiger partial charge in [0.25, 0.3) is 0 Å². The van der Waals surface area contributed by atoms with Crippen LogP contribution >= 0.6 is 0 Å². The van der Waals surface area contributed by atoms with E-state index in [0.29, 0.717) is 38.0 Å². The second kappa shape index (κ2) is 9.67. The van der Waals surface area contributed by atoms with Crippen LogP contribution in [0.5, 0.6) is 0 Å². The van der Waals surface area contributed by atoms with Crippen molar-refractivity contribution in [3.05, 3.63) is 35.6 Å². The molecule has 1 fully saturated rings. The van der Waals surface area contributed by atoms with Crippen molar-refractivity contribution in [3.8, 4) is 0 Å². The maximum absolute atomic E-state index is 13.7. The lowest BCUT2D eigenvalue weighted by atomic mass is 9.97. The minimum atomic E-state index is -0.813. The summed E-state index contributed by atoms with van der Waals surface area (Å²) < 4.78 is 13.7. The maximum atomic E-state index is 13.7. The van der Waals surface area contributed by atoms with Crippen LogP contribution in [0.4, 0.5) is 4.39 Å². The number of likely N-dealkylation sites (tertiary alicyclic amines) is 1. The van der Waals surface area contributed by atoms with Crippen LogP contribution < -0.4 is 0 Å².